The number of carbonyl (C=O) groups is 1. The predicted octanol–water partition coefficient (Wildman–Crippen LogP) is 6.01. The van der Waals surface area contributed by atoms with Gasteiger partial charge in [-0.3, -0.25) is 4.79 Å². The Morgan fingerprint density at radius 1 is 0.931 bits per heavy atom. The van der Waals surface area contributed by atoms with Gasteiger partial charge in [0.15, 0.2) is 17.4 Å². The third-order valence-electron chi connectivity index (χ3n) is 4.02. The Morgan fingerprint density at radius 3 is 2.28 bits per heavy atom. The third kappa shape index (κ3) is 5.93. The average molecular weight is 419 g/mol. The number of halogens is 3. The SMILES string of the molecule is O=C(O)CCc1cc(F)c(OCc2cccc(Oc3ccc(Cl)cc3)c2)c(F)c1. The summed E-state index contributed by atoms with van der Waals surface area (Å²) in [4.78, 5) is 10.6. The molecular formula is C22H17ClF2O4. The molecule has 0 radical (unpaired) electrons. The van der Waals surface area contributed by atoms with Gasteiger partial charge in [-0.15, -0.1) is 0 Å². The quantitative estimate of drug-likeness (QED) is 0.487. The van der Waals surface area contributed by atoms with Crippen molar-refractivity contribution in [2.45, 2.75) is 19.4 Å². The van der Waals surface area contributed by atoms with Crippen LogP contribution in [0.15, 0.2) is 60.7 Å². The van der Waals surface area contributed by atoms with E-state index in [2.05, 4.69) is 0 Å². The molecule has 7 heteroatoms. The first kappa shape index (κ1) is 20.6. The number of carboxylic acid groups (broad SMARTS) is 1. The number of rotatable bonds is 8. The topological polar surface area (TPSA) is 55.8 Å². The first-order valence-corrected chi connectivity index (χ1v) is 9.13. The highest BCUT2D eigenvalue weighted by Gasteiger charge is 2.14. The number of carboxylic acids is 1. The molecule has 150 valence electrons. The normalized spacial score (nSPS) is 10.6. The molecule has 0 fully saturated rings. The van der Waals surface area contributed by atoms with Crippen LogP contribution in [0.3, 0.4) is 0 Å². The van der Waals surface area contributed by atoms with Crippen LogP contribution in [-0.4, -0.2) is 11.1 Å². The van der Waals surface area contributed by atoms with Gasteiger partial charge in [-0.25, -0.2) is 8.78 Å². The number of hydrogen-bond acceptors (Lipinski definition) is 3. The molecule has 0 heterocycles. The fraction of sp³-hybridized carbons (Fsp3) is 0.136. The van der Waals surface area contributed by atoms with Crippen LogP contribution in [-0.2, 0) is 17.8 Å². The summed E-state index contributed by atoms with van der Waals surface area (Å²) < 4.78 is 39.4. The largest absolute Gasteiger partial charge is 0.483 e. The summed E-state index contributed by atoms with van der Waals surface area (Å²) in [5.41, 5.74) is 0.915. The molecule has 0 bridgehead atoms. The van der Waals surface area contributed by atoms with E-state index in [1.165, 1.54) is 0 Å². The number of benzene rings is 3. The molecule has 0 saturated heterocycles. The molecule has 0 aromatic heterocycles. The van der Waals surface area contributed by atoms with Crippen LogP contribution in [0.25, 0.3) is 0 Å². The van der Waals surface area contributed by atoms with Crippen molar-refractivity contribution < 1.29 is 28.2 Å². The van der Waals surface area contributed by atoms with Gasteiger partial charge in [0.1, 0.15) is 18.1 Å². The zero-order valence-corrected chi connectivity index (χ0v) is 16.0. The lowest BCUT2D eigenvalue weighted by molar-refractivity contribution is -0.136. The summed E-state index contributed by atoms with van der Waals surface area (Å²) >= 11 is 5.85. The lowest BCUT2D eigenvalue weighted by atomic mass is 10.1. The Hall–Kier alpha value is -3.12. The summed E-state index contributed by atoms with van der Waals surface area (Å²) in [6, 6.07) is 16.0. The van der Waals surface area contributed by atoms with Crippen LogP contribution in [0.4, 0.5) is 8.78 Å². The van der Waals surface area contributed by atoms with Crippen molar-refractivity contribution in [3.05, 3.63) is 88.4 Å². The van der Waals surface area contributed by atoms with Gasteiger partial charge < -0.3 is 14.6 Å². The van der Waals surface area contributed by atoms with Crippen LogP contribution < -0.4 is 9.47 Å². The molecule has 0 aliphatic rings. The monoisotopic (exact) mass is 418 g/mol. The van der Waals surface area contributed by atoms with Gasteiger partial charge in [-0.2, -0.15) is 0 Å². The Morgan fingerprint density at radius 2 is 1.62 bits per heavy atom. The lowest BCUT2D eigenvalue weighted by Gasteiger charge is -2.11. The van der Waals surface area contributed by atoms with Gasteiger partial charge >= 0.3 is 5.97 Å². The first-order valence-electron chi connectivity index (χ1n) is 8.75. The second-order valence-corrected chi connectivity index (χ2v) is 6.71. The van der Waals surface area contributed by atoms with Gasteiger partial charge in [-0.1, -0.05) is 23.7 Å². The van der Waals surface area contributed by atoms with Crippen LogP contribution >= 0.6 is 11.6 Å². The Kier molecular flexibility index (Phi) is 6.67. The van der Waals surface area contributed by atoms with E-state index in [0.717, 1.165) is 12.1 Å². The number of aliphatic carboxylic acids is 1. The van der Waals surface area contributed by atoms with Crippen molar-refractivity contribution >= 4 is 17.6 Å². The second-order valence-electron chi connectivity index (χ2n) is 6.27. The minimum Gasteiger partial charge on any atom is -0.483 e. The van der Waals surface area contributed by atoms with Crippen molar-refractivity contribution in [2.75, 3.05) is 0 Å². The standard InChI is InChI=1S/C22H17ClF2O4/c23-16-5-7-17(8-6-16)29-18-3-1-2-15(10-18)13-28-22-19(24)11-14(12-20(22)25)4-9-21(26)27/h1-3,5-8,10-12H,4,9,13H2,(H,26,27). The molecular weight excluding hydrogens is 402 g/mol. The van der Waals surface area contributed by atoms with Crippen LogP contribution in [0.5, 0.6) is 17.2 Å². The highest BCUT2D eigenvalue weighted by Crippen LogP contribution is 2.27. The van der Waals surface area contributed by atoms with E-state index in [1.807, 2.05) is 0 Å². The van der Waals surface area contributed by atoms with Crippen molar-refractivity contribution in [1.82, 2.24) is 0 Å². The second kappa shape index (κ2) is 9.39. The molecule has 29 heavy (non-hydrogen) atoms. The number of ether oxygens (including phenoxy) is 2. The zero-order chi connectivity index (χ0) is 20.8. The molecule has 3 rings (SSSR count). The molecule has 0 spiro atoms. The Bertz CT molecular complexity index is 983. The Labute approximate surface area is 171 Å². The van der Waals surface area contributed by atoms with Gasteiger partial charge in [0, 0.05) is 11.4 Å². The van der Waals surface area contributed by atoms with Crippen LogP contribution in [0, 0.1) is 11.6 Å². The van der Waals surface area contributed by atoms with Gasteiger partial charge in [0.25, 0.3) is 0 Å². The summed E-state index contributed by atoms with van der Waals surface area (Å²) in [7, 11) is 0. The molecule has 0 aliphatic heterocycles. The molecule has 3 aromatic rings. The van der Waals surface area contributed by atoms with E-state index in [9.17, 15) is 13.6 Å². The average Bonchev–Trinajstić information content (AvgIpc) is 2.68. The first-order chi connectivity index (χ1) is 13.9. The number of aryl methyl sites for hydroxylation is 1. The molecule has 0 amide bonds. The van der Waals surface area contributed by atoms with Gasteiger partial charge in [0.05, 0.1) is 0 Å². The summed E-state index contributed by atoms with van der Waals surface area (Å²) in [6.07, 6.45) is -0.174. The molecule has 0 unspecified atom stereocenters. The van der Waals surface area contributed by atoms with Gasteiger partial charge in [-0.05, 0) is 66.1 Å². The maximum Gasteiger partial charge on any atom is 0.303 e. The lowest BCUT2D eigenvalue weighted by Crippen LogP contribution is -2.03. The highest BCUT2D eigenvalue weighted by molar-refractivity contribution is 6.30. The van der Waals surface area contributed by atoms with E-state index >= 15 is 0 Å². The van der Waals surface area contributed by atoms with Crippen LogP contribution in [0.1, 0.15) is 17.5 Å². The smallest absolute Gasteiger partial charge is 0.303 e. The maximum atomic E-state index is 14.2. The van der Waals surface area contributed by atoms with Crippen LogP contribution in [0.2, 0.25) is 5.02 Å². The fourth-order valence-electron chi connectivity index (χ4n) is 2.64. The molecule has 1 N–H and O–H groups in total. The van der Waals surface area contributed by atoms with E-state index in [4.69, 9.17) is 26.2 Å². The molecule has 0 saturated carbocycles. The third-order valence-corrected chi connectivity index (χ3v) is 4.27. The zero-order valence-electron chi connectivity index (χ0n) is 15.2. The van der Waals surface area contributed by atoms with E-state index in [0.29, 0.717) is 22.1 Å². The Balaban J connectivity index is 1.66. The highest BCUT2D eigenvalue weighted by atomic mass is 35.5. The molecule has 4 nitrogen and oxygen atoms in total. The van der Waals surface area contributed by atoms with E-state index < -0.39 is 23.4 Å². The van der Waals surface area contributed by atoms with Crippen molar-refractivity contribution in [3.63, 3.8) is 0 Å². The summed E-state index contributed by atoms with van der Waals surface area (Å²) in [5.74, 6) is -2.15. The number of hydrogen-bond donors (Lipinski definition) is 1. The maximum absolute atomic E-state index is 14.2. The van der Waals surface area contributed by atoms with E-state index in [-0.39, 0.29) is 25.0 Å². The van der Waals surface area contributed by atoms with E-state index in [1.54, 1.807) is 48.5 Å². The minimum atomic E-state index is -1.04. The molecule has 0 aliphatic carbocycles. The molecule has 0 atom stereocenters. The van der Waals surface area contributed by atoms with Crippen molar-refractivity contribution in [2.24, 2.45) is 0 Å². The predicted molar refractivity (Wildman–Crippen MR) is 105 cm³/mol. The fourth-order valence-corrected chi connectivity index (χ4v) is 2.76. The summed E-state index contributed by atoms with van der Waals surface area (Å²) in [5, 5.41) is 9.27. The minimum absolute atomic E-state index is 0.0353. The van der Waals surface area contributed by atoms with Crippen molar-refractivity contribution in [1.29, 1.82) is 0 Å². The summed E-state index contributed by atoms with van der Waals surface area (Å²) in [6.45, 7) is -0.0693. The molecule has 3 aromatic carbocycles. The van der Waals surface area contributed by atoms with Crippen molar-refractivity contribution in [3.8, 4) is 17.2 Å². The van der Waals surface area contributed by atoms with Gasteiger partial charge in [0.2, 0.25) is 0 Å².